The van der Waals surface area contributed by atoms with Crippen LogP contribution in [0.3, 0.4) is 0 Å². The molecule has 4 heterocycles. The molecule has 0 saturated carbocycles. The summed E-state index contributed by atoms with van der Waals surface area (Å²) in [6.45, 7) is 12.9. The summed E-state index contributed by atoms with van der Waals surface area (Å²) in [6, 6.07) is 1.99. The number of methoxy groups -OCH3 is 2. The van der Waals surface area contributed by atoms with Crippen LogP contribution >= 0.6 is 22.7 Å². The van der Waals surface area contributed by atoms with Gasteiger partial charge in [-0.3, -0.25) is 14.4 Å². The van der Waals surface area contributed by atoms with E-state index in [0.717, 1.165) is 0 Å². The van der Waals surface area contributed by atoms with Gasteiger partial charge in [-0.1, -0.05) is 27.7 Å². The van der Waals surface area contributed by atoms with E-state index < -0.39 is 82.2 Å². The molecule has 0 spiro atoms. The van der Waals surface area contributed by atoms with E-state index >= 15 is 0 Å². The number of nitrogens with two attached hydrogens (primary N) is 1. The van der Waals surface area contributed by atoms with E-state index in [-0.39, 0.29) is 55.4 Å². The Balaban J connectivity index is 0.000000391. The van der Waals surface area contributed by atoms with Gasteiger partial charge < -0.3 is 34.7 Å². The van der Waals surface area contributed by atoms with Gasteiger partial charge in [-0.05, 0) is 64.8 Å². The lowest BCUT2D eigenvalue weighted by Crippen LogP contribution is -2.43. The number of hydrogen-bond donors (Lipinski definition) is 5. The number of aliphatic carboxylic acids is 1. The van der Waals surface area contributed by atoms with Crippen LogP contribution in [0.15, 0.2) is 29.0 Å². The van der Waals surface area contributed by atoms with Crippen molar-refractivity contribution in [1.29, 1.82) is 0 Å². The van der Waals surface area contributed by atoms with Crippen LogP contribution in [0.25, 0.3) is 0 Å². The number of nitrogens with one attached hydrogen (secondary N) is 3. The number of sulfonamides is 4. The highest BCUT2D eigenvalue weighted by atomic mass is 32.3. The largest absolute Gasteiger partial charge is 0.479 e. The van der Waals surface area contributed by atoms with Crippen LogP contribution in [0, 0.1) is 0 Å². The van der Waals surface area contributed by atoms with Gasteiger partial charge in [0.15, 0.2) is 12.2 Å². The zero-order chi connectivity index (χ0) is 50.9. The lowest BCUT2D eigenvalue weighted by atomic mass is 10.1. The molecule has 384 valence electrons. The average molecular weight is 1070 g/mol. The van der Waals surface area contributed by atoms with E-state index in [2.05, 4.69) is 15.4 Å². The van der Waals surface area contributed by atoms with Crippen LogP contribution in [0.5, 0.6) is 0 Å². The van der Waals surface area contributed by atoms with Crippen molar-refractivity contribution in [3.8, 4) is 0 Å². The van der Waals surface area contributed by atoms with Crippen LogP contribution in [0.2, 0.25) is 0 Å². The number of nitrogens with zero attached hydrogens (tertiary/aromatic N) is 2. The van der Waals surface area contributed by atoms with Crippen molar-refractivity contribution in [2.75, 3.05) is 66.7 Å². The first-order valence-electron chi connectivity index (χ1n) is 21.2. The topological polar surface area (TPSA) is 331 Å². The second kappa shape index (κ2) is 27.3. The summed E-state index contributed by atoms with van der Waals surface area (Å²) in [5.41, 5.74) is 0.823. The van der Waals surface area contributed by atoms with Crippen molar-refractivity contribution in [2.24, 2.45) is 5.14 Å². The molecule has 2 aliphatic rings. The molecule has 4 rings (SSSR count). The molecule has 67 heavy (non-hydrogen) atoms. The summed E-state index contributed by atoms with van der Waals surface area (Å²) in [6.07, 6.45) is 0.283. The van der Waals surface area contributed by atoms with Crippen molar-refractivity contribution in [3.05, 3.63) is 23.3 Å². The Bertz CT molecular complexity index is 2430. The third kappa shape index (κ3) is 17.3. The molecular formula is C38H64N6O17S6. The molecule has 0 aliphatic carbocycles. The molecule has 2 aromatic heterocycles. The van der Waals surface area contributed by atoms with Crippen LogP contribution in [0.1, 0.15) is 103 Å². The van der Waals surface area contributed by atoms with Gasteiger partial charge in [0.1, 0.15) is 16.8 Å². The lowest BCUT2D eigenvalue weighted by Gasteiger charge is -2.32. The monoisotopic (exact) mass is 1070 g/mol. The van der Waals surface area contributed by atoms with Gasteiger partial charge in [0.25, 0.3) is 36.0 Å². The Hall–Kier alpha value is -3.20. The fraction of sp³-hybridized carbons (Fsp3) is 0.684. The molecule has 0 fully saturated rings. The minimum Gasteiger partial charge on any atom is -0.479 e. The van der Waals surface area contributed by atoms with E-state index in [1.807, 2.05) is 25.5 Å². The third-order valence-electron chi connectivity index (χ3n) is 9.51. The molecule has 2 aliphatic heterocycles. The van der Waals surface area contributed by atoms with Gasteiger partial charge in [-0.25, -0.2) is 48.3 Å². The molecule has 2 aromatic rings. The molecule has 4 atom stereocenters. The number of fused-ring (bicyclic) bond motifs is 2. The van der Waals surface area contributed by atoms with E-state index in [4.69, 9.17) is 24.5 Å². The fourth-order valence-corrected chi connectivity index (χ4v) is 15.5. The first kappa shape index (κ1) is 59.9. The highest BCUT2D eigenvalue weighted by molar-refractivity contribution is 7.94. The standard InChI is InChI=1S/C19H31N3O8S3.C12H21N3O5S3.C7H12O4/c1-5-8-16(23)30-13(3)18(24)21-32(25,26)17-11-14-15(20-6-2)12-22(9-7-10-29-4)33(27,28)19(14)31-17;1-3-14-10-8-15(5-4-6-20-2)23(18,19)12-9(10)7-11(21-12)22(13,16)17;1-3-4-6(8)11-5(2)7(9)10/h11,13,15,20H,5-10,12H2,1-4H3,(H,21,24);7,10,14H,3-6,8H2,1-2H3,(H2,13,16,17);5H,3-4H2,1-2H3,(H,9,10)/t13-,15-;10-;5-/m000/s1. The van der Waals surface area contributed by atoms with E-state index in [1.165, 1.54) is 41.7 Å². The number of carboxylic acids is 1. The molecule has 0 aromatic carbocycles. The van der Waals surface area contributed by atoms with E-state index in [0.29, 0.717) is 92.3 Å². The van der Waals surface area contributed by atoms with Crippen LogP contribution in [-0.4, -0.2) is 150 Å². The van der Waals surface area contributed by atoms with Gasteiger partial charge in [0, 0.05) is 89.7 Å². The summed E-state index contributed by atoms with van der Waals surface area (Å²) in [4.78, 5) is 44.7. The van der Waals surface area contributed by atoms with E-state index in [9.17, 15) is 52.8 Å². The molecule has 23 nitrogen and oxygen atoms in total. The molecule has 6 N–H and O–H groups in total. The third-order valence-corrected chi connectivity index (χ3v) is 19.8. The first-order valence-corrected chi connectivity index (χ1v) is 28.7. The Morgan fingerprint density at radius 1 is 0.746 bits per heavy atom. The van der Waals surface area contributed by atoms with Crippen molar-refractivity contribution in [2.45, 2.75) is 121 Å². The number of hydrogen-bond acceptors (Lipinski definition) is 20. The zero-order valence-corrected chi connectivity index (χ0v) is 43.7. The highest BCUT2D eigenvalue weighted by Crippen LogP contribution is 2.41. The fourth-order valence-electron chi connectivity index (χ4n) is 6.25. The Morgan fingerprint density at radius 3 is 1.52 bits per heavy atom. The summed E-state index contributed by atoms with van der Waals surface area (Å²) in [7, 11) is -12.9. The Morgan fingerprint density at radius 2 is 1.15 bits per heavy atom. The maximum absolute atomic E-state index is 13.1. The second-order valence-electron chi connectivity index (χ2n) is 14.9. The lowest BCUT2D eigenvalue weighted by molar-refractivity contribution is -0.162. The number of carbonyl (C=O) groups excluding carboxylic acids is 3. The SMILES string of the molecule is CCCC(=O)O[C@@H](C)C(=O)NS(=O)(=O)c1cc2c(s1)S(=O)(=O)N(CCCOC)C[C@@H]2NCC.CCCC(=O)O[C@@H](C)C(=O)O.CCN[C@H]1CN(CCCOC)S(=O)(=O)c2sc(S(N)(=O)=O)cc21. The number of carboxylic acid groups (broad SMARTS) is 1. The molecule has 1 amide bonds. The quantitative estimate of drug-likeness (QED) is 0.0783. The number of ether oxygens (including phenoxy) is 4. The number of amides is 1. The molecule has 0 bridgehead atoms. The molecular weight excluding hydrogens is 1000 g/mol. The van der Waals surface area contributed by atoms with Crippen molar-refractivity contribution < 1.29 is 76.9 Å². The number of likely N-dealkylation sites (N-methyl/N-ethyl adjacent to an activating group) is 2. The van der Waals surface area contributed by atoms with Crippen LogP contribution in [-0.2, 0) is 78.2 Å². The molecule has 0 radical (unpaired) electrons. The average Bonchev–Trinajstić information content (AvgIpc) is 3.91. The number of thiophene rings is 2. The van der Waals surface area contributed by atoms with Crippen LogP contribution < -0.4 is 20.5 Å². The van der Waals surface area contributed by atoms with Crippen LogP contribution in [0.4, 0.5) is 0 Å². The highest BCUT2D eigenvalue weighted by Gasteiger charge is 2.41. The van der Waals surface area contributed by atoms with Gasteiger partial charge in [-0.2, -0.15) is 8.61 Å². The van der Waals surface area contributed by atoms with Gasteiger partial charge in [-0.15, -0.1) is 22.7 Å². The summed E-state index contributed by atoms with van der Waals surface area (Å²) in [5.74, 6) is -3.20. The second-order valence-corrected chi connectivity index (χ2v) is 24.9. The Kier molecular flexibility index (Phi) is 24.4. The predicted molar refractivity (Wildman–Crippen MR) is 247 cm³/mol. The Labute approximate surface area is 401 Å². The molecule has 0 unspecified atom stereocenters. The normalized spacial score (nSPS) is 18.6. The minimum absolute atomic E-state index is 0.0520. The molecule has 29 heteroatoms. The zero-order valence-electron chi connectivity index (χ0n) is 38.8. The maximum atomic E-state index is 13.1. The maximum Gasteiger partial charge on any atom is 0.344 e. The first-order chi connectivity index (χ1) is 31.3. The number of rotatable bonds is 23. The number of primary sulfonamides is 1. The molecule has 0 saturated heterocycles. The summed E-state index contributed by atoms with van der Waals surface area (Å²) >= 11 is 1.29. The number of carbonyl (C=O) groups is 4. The summed E-state index contributed by atoms with van der Waals surface area (Å²) < 4.78 is 124. The van der Waals surface area contributed by atoms with Gasteiger partial charge in [0.05, 0.1) is 0 Å². The smallest absolute Gasteiger partial charge is 0.344 e. The predicted octanol–water partition coefficient (Wildman–Crippen LogP) is 1.87. The van der Waals surface area contributed by atoms with E-state index in [1.54, 1.807) is 14.0 Å². The number of esters is 2. The summed E-state index contributed by atoms with van der Waals surface area (Å²) in [5, 5.41) is 19.9. The van der Waals surface area contributed by atoms with Crippen molar-refractivity contribution >= 4 is 86.6 Å². The minimum atomic E-state index is -4.38. The van der Waals surface area contributed by atoms with Crippen molar-refractivity contribution in [1.82, 2.24) is 24.0 Å². The van der Waals surface area contributed by atoms with Crippen molar-refractivity contribution in [3.63, 3.8) is 0 Å². The van der Waals surface area contributed by atoms with Gasteiger partial charge in [0.2, 0.25) is 10.0 Å². The van der Waals surface area contributed by atoms with Gasteiger partial charge >= 0.3 is 17.9 Å².